The summed E-state index contributed by atoms with van der Waals surface area (Å²) in [4.78, 5) is 15.5. The van der Waals surface area contributed by atoms with E-state index >= 15 is 0 Å². The van der Waals surface area contributed by atoms with Crippen LogP contribution in [-0.2, 0) is 22.6 Å². The van der Waals surface area contributed by atoms with Gasteiger partial charge in [-0.3, -0.25) is 4.79 Å². The third kappa shape index (κ3) is 4.42. The molecule has 0 aliphatic heterocycles. The van der Waals surface area contributed by atoms with Crippen molar-refractivity contribution < 1.29 is 9.53 Å². The van der Waals surface area contributed by atoms with Crippen LogP contribution in [-0.4, -0.2) is 11.0 Å². The maximum atomic E-state index is 11.2. The van der Waals surface area contributed by atoms with Crippen molar-refractivity contribution in [1.82, 2.24) is 4.98 Å². The van der Waals surface area contributed by atoms with E-state index in [1.807, 2.05) is 5.38 Å². The lowest BCUT2D eigenvalue weighted by Crippen LogP contribution is -2.04. The maximum absolute atomic E-state index is 11.2. The minimum atomic E-state index is -0.122. The molecule has 0 saturated carbocycles. The summed E-state index contributed by atoms with van der Waals surface area (Å²) in [5.74, 6) is -0.122. The molecule has 1 heterocycles. The summed E-state index contributed by atoms with van der Waals surface area (Å²) in [6.07, 6.45) is 3.37. The molecule has 1 aromatic rings. The fourth-order valence-electron chi connectivity index (χ4n) is 1.13. The number of unbranched alkanes of at least 4 members (excludes halogenated alkanes) is 1. The molecule has 0 atom stereocenters. The number of esters is 1. The smallest absolute Gasteiger partial charge is 0.306 e. The van der Waals surface area contributed by atoms with Crippen LogP contribution in [0.3, 0.4) is 0 Å². The number of hydrogen-bond acceptors (Lipinski definition) is 4. The highest BCUT2D eigenvalue weighted by Crippen LogP contribution is 2.11. The second-order valence-electron chi connectivity index (χ2n) is 3.35. The van der Waals surface area contributed by atoms with Gasteiger partial charge in [0.2, 0.25) is 0 Å². The highest BCUT2D eigenvalue weighted by Gasteiger charge is 2.05. The Hall–Kier alpha value is -0.900. The monoisotopic (exact) mass is 227 g/mol. The van der Waals surface area contributed by atoms with Gasteiger partial charge in [0.15, 0.2) is 0 Å². The Labute approximate surface area is 94.5 Å². The fourth-order valence-corrected chi connectivity index (χ4v) is 1.85. The van der Waals surface area contributed by atoms with Crippen molar-refractivity contribution in [3.8, 4) is 0 Å². The Morgan fingerprint density at radius 1 is 1.53 bits per heavy atom. The number of ether oxygens (including phenoxy) is 1. The van der Waals surface area contributed by atoms with E-state index in [1.54, 1.807) is 11.3 Å². The van der Waals surface area contributed by atoms with Gasteiger partial charge < -0.3 is 4.74 Å². The van der Waals surface area contributed by atoms with Crippen LogP contribution in [0.1, 0.15) is 43.8 Å². The van der Waals surface area contributed by atoms with Gasteiger partial charge in [0.25, 0.3) is 0 Å². The SMILES string of the molecule is CCCCC(=O)OCc1csc(CC)n1. The van der Waals surface area contributed by atoms with E-state index in [2.05, 4.69) is 18.8 Å². The first-order valence-corrected chi connectivity index (χ1v) is 6.23. The summed E-state index contributed by atoms with van der Waals surface area (Å²) >= 11 is 1.62. The summed E-state index contributed by atoms with van der Waals surface area (Å²) in [7, 11) is 0. The van der Waals surface area contributed by atoms with Gasteiger partial charge in [-0.1, -0.05) is 20.3 Å². The van der Waals surface area contributed by atoms with Crippen LogP contribution in [0.4, 0.5) is 0 Å². The lowest BCUT2D eigenvalue weighted by atomic mass is 10.2. The average Bonchev–Trinajstić information content (AvgIpc) is 2.71. The van der Waals surface area contributed by atoms with Crippen LogP contribution in [0, 0.1) is 0 Å². The standard InChI is InChI=1S/C11H17NO2S/c1-3-5-6-11(13)14-7-9-8-15-10(4-2)12-9/h8H,3-7H2,1-2H3. The molecule has 0 unspecified atom stereocenters. The number of aromatic nitrogens is 1. The Kier molecular flexibility index (Phi) is 5.32. The molecule has 15 heavy (non-hydrogen) atoms. The lowest BCUT2D eigenvalue weighted by molar-refractivity contribution is -0.145. The summed E-state index contributed by atoms with van der Waals surface area (Å²) in [5.41, 5.74) is 0.863. The summed E-state index contributed by atoms with van der Waals surface area (Å²) < 4.78 is 5.09. The van der Waals surface area contributed by atoms with E-state index in [9.17, 15) is 4.79 Å². The van der Waals surface area contributed by atoms with Gasteiger partial charge in [-0.05, 0) is 12.8 Å². The number of aryl methyl sites for hydroxylation is 1. The zero-order chi connectivity index (χ0) is 11.1. The normalized spacial score (nSPS) is 10.3. The molecule has 0 aliphatic rings. The maximum Gasteiger partial charge on any atom is 0.306 e. The number of nitrogens with zero attached hydrogens (tertiary/aromatic N) is 1. The van der Waals surface area contributed by atoms with E-state index in [1.165, 1.54) is 0 Å². The molecule has 0 fully saturated rings. The summed E-state index contributed by atoms with van der Waals surface area (Å²) in [5, 5.41) is 3.04. The predicted octanol–water partition coefficient (Wildman–Crippen LogP) is 2.94. The molecule has 0 spiro atoms. The first-order valence-electron chi connectivity index (χ1n) is 5.35. The van der Waals surface area contributed by atoms with Crippen molar-refractivity contribution in [2.24, 2.45) is 0 Å². The van der Waals surface area contributed by atoms with Crippen LogP contribution in [0.15, 0.2) is 5.38 Å². The van der Waals surface area contributed by atoms with Gasteiger partial charge >= 0.3 is 5.97 Å². The molecule has 84 valence electrons. The molecule has 0 radical (unpaired) electrons. The minimum absolute atomic E-state index is 0.122. The third-order valence-electron chi connectivity index (χ3n) is 2.02. The van der Waals surface area contributed by atoms with Gasteiger partial charge in [-0.2, -0.15) is 0 Å². The van der Waals surface area contributed by atoms with Crippen molar-refractivity contribution in [3.05, 3.63) is 16.1 Å². The van der Waals surface area contributed by atoms with Crippen LogP contribution in [0.2, 0.25) is 0 Å². The van der Waals surface area contributed by atoms with Crippen LogP contribution in [0.25, 0.3) is 0 Å². The van der Waals surface area contributed by atoms with E-state index in [0.29, 0.717) is 13.0 Å². The molecule has 0 bridgehead atoms. The van der Waals surface area contributed by atoms with Gasteiger partial charge in [0, 0.05) is 11.8 Å². The van der Waals surface area contributed by atoms with Crippen LogP contribution in [0.5, 0.6) is 0 Å². The third-order valence-corrected chi connectivity index (χ3v) is 3.06. The summed E-state index contributed by atoms with van der Waals surface area (Å²) in [6.45, 7) is 4.44. The van der Waals surface area contributed by atoms with E-state index in [4.69, 9.17) is 4.74 Å². The molecule has 1 rings (SSSR count). The minimum Gasteiger partial charge on any atom is -0.459 e. The molecule has 0 aliphatic carbocycles. The molecule has 0 saturated heterocycles. The predicted molar refractivity (Wildman–Crippen MR) is 60.8 cm³/mol. The zero-order valence-electron chi connectivity index (χ0n) is 9.28. The number of carbonyl (C=O) groups is 1. The summed E-state index contributed by atoms with van der Waals surface area (Å²) in [6, 6.07) is 0. The van der Waals surface area contributed by atoms with Crippen molar-refractivity contribution in [1.29, 1.82) is 0 Å². The number of carbonyl (C=O) groups excluding carboxylic acids is 1. The van der Waals surface area contributed by atoms with Gasteiger partial charge in [-0.15, -0.1) is 11.3 Å². The first kappa shape index (κ1) is 12.2. The molecule has 1 aromatic heterocycles. The molecular formula is C11H17NO2S. The van der Waals surface area contributed by atoms with Crippen molar-refractivity contribution in [2.45, 2.75) is 46.1 Å². The Balaban J connectivity index is 2.27. The van der Waals surface area contributed by atoms with Gasteiger partial charge in [-0.25, -0.2) is 4.98 Å². The highest BCUT2D eigenvalue weighted by atomic mass is 32.1. The second kappa shape index (κ2) is 6.56. The first-order chi connectivity index (χ1) is 7.26. The van der Waals surface area contributed by atoms with E-state index < -0.39 is 0 Å². The Morgan fingerprint density at radius 2 is 2.33 bits per heavy atom. The fraction of sp³-hybridized carbons (Fsp3) is 0.636. The van der Waals surface area contributed by atoms with Gasteiger partial charge in [0.1, 0.15) is 6.61 Å². The van der Waals surface area contributed by atoms with Crippen molar-refractivity contribution >= 4 is 17.3 Å². The van der Waals surface area contributed by atoms with Crippen molar-refractivity contribution in [2.75, 3.05) is 0 Å². The number of thiazole rings is 1. The van der Waals surface area contributed by atoms with Crippen LogP contribution >= 0.6 is 11.3 Å². The highest BCUT2D eigenvalue weighted by molar-refractivity contribution is 7.09. The quantitative estimate of drug-likeness (QED) is 0.701. The topological polar surface area (TPSA) is 39.2 Å². The van der Waals surface area contributed by atoms with E-state index in [-0.39, 0.29) is 5.97 Å². The lowest BCUT2D eigenvalue weighted by Gasteiger charge is -2.01. The number of hydrogen-bond donors (Lipinski definition) is 0. The molecule has 0 aromatic carbocycles. The molecule has 0 N–H and O–H groups in total. The molecular weight excluding hydrogens is 210 g/mol. The van der Waals surface area contributed by atoms with Crippen molar-refractivity contribution in [3.63, 3.8) is 0 Å². The molecule has 4 heteroatoms. The Bertz CT molecular complexity index is 309. The Morgan fingerprint density at radius 3 is 2.93 bits per heavy atom. The number of rotatable bonds is 6. The van der Waals surface area contributed by atoms with Gasteiger partial charge in [0.05, 0.1) is 10.7 Å². The second-order valence-corrected chi connectivity index (χ2v) is 4.29. The average molecular weight is 227 g/mol. The molecule has 3 nitrogen and oxygen atoms in total. The zero-order valence-corrected chi connectivity index (χ0v) is 10.1. The largest absolute Gasteiger partial charge is 0.459 e. The van der Waals surface area contributed by atoms with Crippen LogP contribution < -0.4 is 0 Å². The molecule has 0 amide bonds. The van der Waals surface area contributed by atoms with E-state index in [0.717, 1.165) is 30.0 Å².